The lowest BCUT2D eigenvalue weighted by molar-refractivity contribution is -0.140. The summed E-state index contributed by atoms with van der Waals surface area (Å²) in [6, 6.07) is -0.376. The van der Waals surface area contributed by atoms with Gasteiger partial charge in [-0.15, -0.1) is 0 Å². The molecule has 0 saturated carbocycles. The molecule has 0 aliphatic carbocycles. The Kier molecular flexibility index (Phi) is 4.25. The monoisotopic (exact) mass is 184 g/mol. The van der Waals surface area contributed by atoms with E-state index in [1.807, 2.05) is 0 Å². The normalized spacial score (nSPS) is 27.5. The first-order chi connectivity index (χ1) is 6.25. The van der Waals surface area contributed by atoms with Crippen molar-refractivity contribution in [2.45, 2.75) is 31.6 Å². The topological polar surface area (TPSA) is 69.6 Å². The molecular formula is C8H15BNO3. The van der Waals surface area contributed by atoms with Gasteiger partial charge in [-0.05, 0) is 25.3 Å². The van der Waals surface area contributed by atoms with Gasteiger partial charge in [0.25, 0.3) is 7.48 Å². The molecule has 1 saturated heterocycles. The molecule has 2 unspecified atom stereocenters. The summed E-state index contributed by atoms with van der Waals surface area (Å²) in [4.78, 5) is 10.7. The lowest BCUT2D eigenvalue weighted by Gasteiger charge is -2.14. The van der Waals surface area contributed by atoms with Crippen LogP contribution < -0.4 is 5.32 Å². The molecule has 0 aromatic heterocycles. The number of carboxylic acid groups (broad SMARTS) is 1. The van der Waals surface area contributed by atoms with Gasteiger partial charge in [-0.25, -0.2) is 0 Å². The molecule has 1 heterocycles. The molecule has 3 N–H and O–H groups in total. The molecule has 1 aliphatic heterocycles. The molecule has 5 heteroatoms. The number of hydrogen-bond donors (Lipinski definition) is 3. The van der Waals surface area contributed by atoms with Crippen LogP contribution in [0.4, 0.5) is 0 Å². The second-order valence-electron chi connectivity index (χ2n) is 3.43. The standard InChI is InChI=1S/C8H15BNO3/c11-8(12)7-6(3-5-10-7)2-1-4-9-13/h6-7,10,13H,1-5H2,(H,11,12). The van der Waals surface area contributed by atoms with Crippen LogP contribution in [0.1, 0.15) is 19.3 Å². The minimum Gasteiger partial charge on any atom is -0.480 e. The highest BCUT2D eigenvalue weighted by molar-refractivity contribution is 6.25. The molecule has 0 bridgehead atoms. The van der Waals surface area contributed by atoms with Crippen molar-refractivity contribution in [3.8, 4) is 0 Å². The molecule has 1 rings (SSSR count). The molecule has 1 radical (unpaired) electrons. The van der Waals surface area contributed by atoms with Crippen molar-refractivity contribution in [1.82, 2.24) is 5.32 Å². The average molecular weight is 184 g/mol. The van der Waals surface area contributed by atoms with Crippen molar-refractivity contribution >= 4 is 13.5 Å². The number of rotatable bonds is 5. The molecule has 1 fully saturated rings. The van der Waals surface area contributed by atoms with Gasteiger partial charge in [0.2, 0.25) is 0 Å². The second kappa shape index (κ2) is 5.24. The van der Waals surface area contributed by atoms with Crippen molar-refractivity contribution in [3.63, 3.8) is 0 Å². The Morgan fingerprint density at radius 2 is 2.38 bits per heavy atom. The lowest BCUT2D eigenvalue weighted by Crippen LogP contribution is -2.35. The Balaban J connectivity index is 2.27. The van der Waals surface area contributed by atoms with Crippen LogP contribution in [-0.2, 0) is 4.79 Å². The maximum Gasteiger partial charge on any atom is 0.320 e. The van der Waals surface area contributed by atoms with Crippen molar-refractivity contribution in [3.05, 3.63) is 0 Å². The number of aliphatic carboxylic acids is 1. The Labute approximate surface area is 78.6 Å². The highest BCUT2D eigenvalue weighted by Gasteiger charge is 2.31. The third-order valence-corrected chi connectivity index (χ3v) is 2.52. The van der Waals surface area contributed by atoms with Crippen LogP contribution in [0, 0.1) is 5.92 Å². The van der Waals surface area contributed by atoms with Crippen LogP contribution in [0.15, 0.2) is 0 Å². The van der Waals surface area contributed by atoms with E-state index in [0.29, 0.717) is 6.32 Å². The van der Waals surface area contributed by atoms with Crippen LogP contribution in [0.3, 0.4) is 0 Å². The van der Waals surface area contributed by atoms with Gasteiger partial charge in [-0.3, -0.25) is 4.79 Å². The fraction of sp³-hybridized carbons (Fsp3) is 0.875. The van der Waals surface area contributed by atoms with E-state index in [1.54, 1.807) is 0 Å². The number of carbonyl (C=O) groups is 1. The summed E-state index contributed by atoms with van der Waals surface area (Å²) < 4.78 is 0. The summed E-state index contributed by atoms with van der Waals surface area (Å²) in [5.41, 5.74) is 0. The van der Waals surface area contributed by atoms with Crippen LogP contribution in [0.25, 0.3) is 0 Å². The molecule has 2 atom stereocenters. The van der Waals surface area contributed by atoms with E-state index in [1.165, 1.54) is 0 Å². The van der Waals surface area contributed by atoms with Crippen LogP contribution in [-0.4, -0.2) is 36.2 Å². The van der Waals surface area contributed by atoms with E-state index in [-0.39, 0.29) is 12.0 Å². The first-order valence-corrected chi connectivity index (χ1v) is 4.67. The van der Waals surface area contributed by atoms with E-state index in [4.69, 9.17) is 10.1 Å². The Bertz CT molecular complexity index is 177. The smallest absolute Gasteiger partial charge is 0.320 e. The molecule has 0 aromatic rings. The van der Waals surface area contributed by atoms with Crippen LogP contribution in [0.2, 0.25) is 6.32 Å². The van der Waals surface area contributed by atoms with Gasteiger partial charge in [0.1, 0.15) is 6.04 Å². The zero-order valence-electron chi connectivity index (χ0n) is 7.57. The summed E-state index contributed by atoms with van der Waals surface area (Å²) >= 11 is 0. The van der Waals surface area contributed by atoms with Crippen molar-refractivity contribution in [2.24, 2.45) is 5.92 Å². The molecular weight excluding hydrogens is 169 g/mol. The highest BCUT2D eigenvalue weighted by atomic mass is 16.4. The number of hydrogen-bond acceptors (Lipinski definition) is 3. The average Bonchev–Trinajstić information content (AvgIpc) is 2.53. The fourth-order valence-corrected chi connectivity index (χ4v) is 1.83. The summed E-state index contributed by atoms with van der Waals surface area (Å²) in [6.07, 6.45) is 3.33. The minimum atomic E-state index is -0.754. The molecule has 13 heavy (non-hydrogen) atoms. The van der Waals surface area contributed by atoms with Crippen LogP contribution >= 0.6 is 0 Å². The van der Waals surface area contributed by atoms with Crippen molar-refractivity contribution in [2.75, 3.05) is 6.54 Å². The Morgan fingerprint density at radius 3 is 3.00 bits per heavy atom. The summed E-state index contributed by atoms with van der Waals surface area (Å²) in [5.74, 6) is -0.520. The molecule has 0 spiro atoms. The quantitative estimate of drug-likeness (QED) is 0.410. The fourth-order valence-electron chi connectivity index (χ4n) is 1.83. The molecule has 0 amide bonds. The van der Waals surface area contributed by atoms with Gasteiger partial charge in [-0.2, -0.15) is 0 Å². The first kappa shape index (κ1) is 10.5. The molecule has 0 aromatic carbocycles. The van der Waals surface area contributed by atoms with Gasteiger partial charge in [0, 0.05) is 0 Å². The second-order valence-corrected chi connectivity index (χ2v) is 3.43. The minimum absolute atomic E-state index is 0.234. The van der Waals surface area contributed by atoms with Gasteiger partial charge >= 0.3 is 5.97 Å². The Hall–Kier alpha value is -0.545. The number of carboxylic acids is 1. The lowest BCUT2D eigenvalue weighted by atomic mass is 9.87. The van der Waals surface area contributed by atoms with E-state index < -0.39 is 5.97 Å². The van der Waals surface area contributed by atoms with Crippen LogP contribution in [0.5, 0.6) is 0 Å². The third-order valence-electron chi connectivity index (χ3n) is 2.52. The molecule has 1 aliphatic rings. The summed E-state index contributed by atoms with van der Waals surface area (Å²) in [7, 11) is 1.14. The predicted octanol–water partition coefficient (Wildman–Crippen LogP) is -0.141. The first-order valence-electron chi connectivity index (χ1n) is 4.67. The summed E-state index contributed by atoms with van der Waals surface area (Å²) in [6.45, 7) is 0.796. The van der Waals surface area contributed by atoms with Gasteiger partial charge in [0.15, 0.2) is 0 Å². The third kappa shape index (κ3) is 3.01. The van der Waals surface area contributed by atoms with Crippen molar-refractivity contribution in [1.29, 1.82) is 0 Å². The van der Waals surface area contributed by atoms with Crippen molar-refractivity contribution < 1.29 is 14.9 Å². The molecule has 73 valence electrons. The van der Waals surface area contributed by atoms with Gasteiger partial charge in [-0.1, -0.05) is 12.7 Å². The zero-order chi connectivity index (χ0) is 9.68. The highest BCUT2D eigenvalue weighted by Crippen LogP contribution is 2.21. The predicted molar refractivity (Wildman–Crippen MR) is 49.5 cm³/mol. The van der Waals surface area contributed by atoms with E-state index in [0.717, 1.165) is 33.3 Å². The maximum absolute atomic E-state index is 10.7. The van der Waals surface area contributed by atoms with E-state index in [2.05, 4.69) is 5.32 Å². The van der Waals surface area contributed by atoms with Gasteiger partial charge in [0.05, 0.1) is 0 Å². The Morgan fingerprint density at radius 1 is 1.62 bits per heavy atom. The van der Waals surface area contributed by atoms with Gasteiger partial charge < -0.3 is 15.4 Å². The molecule has 4 nitrogen and oxygen atoms in total. The SMILES string of the molecule is O=C(O)C1NCCC1CCC[B]O. The number of nitrogens with one attached hydrogen (secondary N) is 1. The summed E-state index contributed by atoms with van der Waals surface area (Å²) in [5, 5.41) is 20.2. The maximum atomic E-state index is 10.7. The van der Waals surface area contributed by atoms with E-state index >= 15 is 0 Å². The van der Waals surface area contributed by atoms with E-state index in [9.17, 15) is 4.79 Å². The zero-order valence-corrected chi connectivity index (χ0v) is 7.57. The largest absolute Gasteiger partial charge is 0.480 e.